The maximum absolute atomic E-state index is 12.1. The molecule has 1 rings (SSSR count). The molecule has 1 aliphatic rings. The zero-order valence-corrected chi connectivity index (χ0v) is 13.3. The van der Waals surface area contributed by atoms with Gasteiger partial charge in [-0.2, -0.15) is 0 Å². The normalized spacial score (nSPS) is 19.3. The van der Waals surface area contributed by atoms with Crippen molar-refractivity contribution in [1.29, 1.82) is 0 Å². The van der Waals surface area contributed by atoms with E-state index in [2.05, 4.69) is 10.1 Å². The number of hydrogen-bond donors (Lipinski definition) is 1. The van der Waals surface area contributed by atoms with Gasteiger partial charge >= 0.3 is 12.1 Å². The molecular weight excluding hydrogens is 276 g/mol. The molecule has 7 heteroatoms. The highest BCUT2D eigenvalue weighted by Gasteiger charge is 2.38. The van der Waals surface area contributed by atoms with Crippen LogP contribution in [-0.2, 0) is 19.1 Å². The number of nitrogens with one attached hydrogen (secondary N) is 1. The second-order valence-electron chi connectivity index (χ2n) is 6.17. The molecule has 1 saturated heterocycles. The van der Waals surface area contributed by atoms with Gasteiger partial charge in [0.25, 0.3) is 0 Å². The molecule has 0 aliphatic carbocycles. The van der Waals surface area contributed by atoms with Gasteiger partial charge < -0.3 is 19.7 Å². The Bertz CT molecular complexity index is 416. The first-order valence-corrected chi connectivity index (χ1v) is 7.01. The van der Waals surface area contributed by atoms with E-state index in [9.17, 15) is 14.4 Å². The van der Waals surface area contributed by atoms with E-state index in [-0.39, 0.29) is 18.4 Å². The molecule has 7 nitrogen and oxygen atoms in total. The lowest BCUT2D eigenvalue weighted by Crippen LogP contribution is -2.56. The van der Waals surface area contributed by atoms with Gasteiger partial charge in [-0.1, -0.05) is 0 Å². The maximum atomic E-state index is 12.1. The van der Waals surface area contributed by atoms with Gasteiger partial charge in [0.05, 0.1) is 7.11 Å². The number of esters is 1. The van der Waals surface area contributed by atoms with Crippen LogP contribution in [0.25, 0.3) is 0 Å². The van der Waals surface area contributed by atoms with E-state index in [4.69, 9.17) is 4.74 Å². The van der Waals surface area contributed by atoms with Crippen molar-refractivity contribution in [3.05, 3.63) is 0 Å². The minimum Gasteiger partial charge on any atom is -0.467 e. The number of carbonyl (C=O) groups excluding carboxylic acids is 3. The van der Waals surface area contributed by atoms with Crippen molar-refractivity contribution < 1.29 is 23.9 Å². The number of methoxy groups -OCH3 is 1. The van der Waals surface area contributed by atoms with Crippen LogP contribution in [-0.4, -0.2) is 54.2 Å². The van der Waals surface area contributed by atoms with Gasteiger partial charge in [-0.25, -0.2) is 9.59 Å². The maximum Gasteiger partial charge on any atom is 0.407 e. The summed E-state index contributed by atoms with van der Waals surface area (Å²) in [6.07, 6.45) is 0.176. The summed E-state index contributed by atoms with van der Waals surface area (Å²) in [6, 6.07) is -0.859. The predicted molar refractivity (Wildman–Crippen MR) is 75.6 cm³/mol. The summed E-state index contributed by atoms with van der Waals surface area (Å²) >= 11 is 0. The zero-order chi connectivity index (χ0) is 16.2. The molecule has 2 atom stereocenters. The minimum atomic E-state index is -0.582. The lowest BCUT2D eigenvalue weighted by Gasteiger charge is -2.39. The lowest BCUT2D eigenvalue weighted by molar-refractivity contribution is -0.159. The number of amides is 2. The Hall–Kier alpha value is -1.79. The third kappa shape index (κ3) is 5.24. The van der Waals surface area contributed by atoms with Crippen molar-refractivity contribution in [2.24, 2.45) is 0 Å². The smallest absolute Gasteiger partial charge is 0.407 e. The van der Waals surface area contributed by atoms with E-state index in [1.54, 1.807) is 27.7 Å². The molecule has 0 aromatic heterocycles. The SMILES string of the molecule is COC(=O)C1CCN1C(=O)CC(C)NC(=O)OC(C)(C)C. The quantitative estimate of drug-likeness (QED) is 0.785. The molecule has 0 aromatic rings. The molecule has 0 saturated carbocycles. The van der Waals surface area contributed by atoms with Crippen LogP contribution in [0.3, 0.4) is 0 Å². The molecule has 1 heterocycles. The highest BCUT2D eigenvalue weighted by Crippen LogP contribution is 2.20. The van der Waals surface area contributed by atoms with E-state index >= 15 is 0 Å². The standard InChI is InChI=1S/C14H24N2O5/c1-9(15-13(19)21-14(2,3)4)8-11(17)16-7-6-10(16)12(18)20-5/h9-10H,6-8H2,1-5H3,(H,15,19). The summed E-state index contributed by atoms with van der Waals surface area (Å²) in [5.41, 5.74) is -0.582. The first kappa shape index (κ1) is 17.3. The topological polar surface area (TPSA) is 84.9 Å². The van der Waals surface area contributed by atoms with Crippen molar-refractivity contribution in [3.63, 3.8) is 0 Å². The van der Waals surface area contributed by atoms with Crippen molar-refractivity contribution in [2.75, 3.05) is 13.7 Å². The van der Waals surface area contributed by atoms with Crippen LogP contribution in [0.5, 0.6) is 0 Å². The molecule has 2 amide bonds. The number of likely N-dealkylation sites (tertiary alicyclic amines) is 1. The summed E-state index contributed by atoms with van der Waals surface area (Å²) in [4.78, 5) is 36.5. The van der Waals surface area contributed by atoms with Crippen molar-refractivity contribution in [3.8, 4) is 0 Å². The van der Waals surface area contributed by atoms with Gasteiger partial charge in [0, 0.05) is 19.0 Å². The summed E-state index contributed by atoms with van der Waals surface area (Å²) in [5.74, 6) is -0.581. The number of ether oxygens (including phenoxy) is 2. The molecule has 1 aliphatic heterocycles. The summed E-state index contributed by atoms with van der Waals surface area (Å²) in [6.45, 7) is 7.56. The lowest BCUT2D eigenvalue weighted by atomic mass is 10.0. The zero-order valence-electron chi connectivity index (χ0n) is 13.3. The Morgan fingerprint density at radius 2 is 1.95 bits per heavy atom. The van der Waals surface area contributed by atoms with E-state index in [1.807, 2.05) is 0 Å². The molecule has 0 spiro atoms. The second-order valence-corrected chi connectivity index (χ2v) is 6.17. The number of carbonyl (C=O) groups is 3. The average Bonchev–Trinajstić information content (AvgIpc) is 2.23. The monoisotopic (exact) mass is 300 g/mol. The average molecular weight is 300 g/mol. The molecule has 1 N–H and O–H groups in total. The number of alkyl carbamates (subject to hydrolysis) is 1. The fourth-order valence-corrected chi connectivity index (χ4v) is 2.01. The van der Waals surface area contributed by atoms with Crippen molar-refractivity contribution in [1.82, 2.24) is 10.2 Å². The Balaban J connectivity index is 2.41. The molecule has 0 aromatic carbocycles. The number of hydrogen-bond acceptors (Lipinski definition) is 5. The van der Waals surface area contributed by atoms with E-state index < -0.39 is 23.7 Å². The van der Waals surface area contributed by atoms with Gasteiger partial charge in [0.15, 0.2) is 0 Å². The summed E-state index contributed by atoms with van der Waals surface area (Å²) in [5, 5.41) is 2.60. The van der Waals surface area contributed by atoms with Crippen LogP contribution in [0, 0.1) is 0 Å². The fraction of sp³-hybridized carbons (Fsp3) is 0.786. The third-order valence-electron chi connectivity index (χ3n) is 3.06. The highest BCUT2D eigenvalue weighted by atomic mass is 16.6. The largest absolute Gasteiger partial charge is 0.467 e. The molecule has 120 valence electrons. The first-order chi connectivity index (χ1) is 9.64. The van der Waals surface area contributed by atoms with Crippen LogP contribution < -0.4 is 5.32 Å². The highest BCUT2D eigenvalue weighted by molar-refractivity contribution is 5.86. The van der Waals surface area contributed by atoms with Crippen LogP contribution in [0.1, 0.15) is 40.5 Å². The van der Waals surface area contributed by atoms with Crippen LogP contribution in [0.2, 0.25) is 0 Å². The molecule has 21 heavy (non-hydrogen) atoms. The molecular formula is C14H24N2O5. The Kier molecular flexibility index (Phi) is 5.57. The van der Waals surface area contributed by atoms with Gasteiger partial charge in [0.2, 0.25) is 5.91 Å². The van der Waals surface area contributed by atoms with Gasteiger partial charge in [-0.15, -0.1) is 0 Å². The van der Waals surface area contributed by atoms with Crippen LogP contribution >= 0.6 is 0 Å². The van der Waals surface area contributed by atoms with Gasteiger partial charge in [0.1, 0.15) is 11.6 Å². The molecule has 1 fully saturated rings. The van der Waals surface area contributed by atoms with Crippen molar-refractivity contribution in [2.45, 2.75) is 58.2 Å². The van der Waals surface area contributed by atoms with Gasteiger partial charge in [-0.3, -0.25) is 4.79 Å². The number of nitrogens with zero attached hydrogens (tertiary/aromatic N) is 1. The number of rotatable bonds is 4. The molecule has 2 unspecified atom stereocenters. The van der Waals surface area contributed by atoms with E-state index in [0.29, 0.717) is 13.0 Å². The Morgan fingerprint density at radius 3 is 2.38 bits per heavy atom. The Labute approximate surface area is 124 Å². The first-order valence-electron chi connectivity index (χ1n) is 7.01. The third-order valence-corrected chi connectivity index (χ3v) is 3.06. The van der Waals surface area contributed by atoms with Gasteiger partial charge in [-0.05, 0) is 34.1 Å². The Morgan fingerprint density at radius 1 is 1.33 bits per heavy atom. The van der Waals surface area contributed by atoms with Crippen molar-refractivity contribution >= 4 is 18.0 Å². The van der Waals surface area contributed by atoms with E-state index in [1.165, 1.54) is 12.0 Å². The summed E-state index contributed by atoms with van der Waals surface area (Å²) < 4.78 is 9.75. The fourth-order valence-electron chi connectivity index (χ4n) is 2.01. The predicted octanol–water partition coefficient (Wildman–Crippen LogP) is 1.06. The van der Waals surface area contributed by atoms with Crippen LogP contribution in [0.4, 0.5) is 4.79 Å². The molecule has 0 bridgehead atoms. The summed E-state index contributed by atoms with van der Waals surface area (Å²) in [7, 11) is 1.30. The second kappa shape index (κ2) is 6.78. The molecule has 0 radical (unpaired) electrons. The van der Waals surface area contributed by atoms with E-state index in [0.717, 1.165) is 0 Å². The van der Waals surface area contributed by atoms with Crippen LogP contribution in [0.15, 0.2) is 0 Å². The minimum absolute atomic E-state index is 0.118.